The number of anilines is 2. The van der Waals surface area contributed by atoms with Crippen LogP contribution in [-0.2, 0) is 4.79 Å². The number of amides is 1. The molecule has 1 aliphatic rings. The zero-order chi connectivity index (χ0) is 30.6. The third-order valence-electron chi connectivity index (χ3n) is 7.37. The molecule has 0 radical (unpaired) electrons. The van der Waals surface area contributed by atoms with Crippen molar-refractivity contribution in [3.8, 4) is 33.9 Å². The molecule has 0 saturated carbocycles. The van der Waals surface area contributed by atoms with E-state index in [0.717, 1.165) is 38.3 Å². The summed E-state index contributed by atoms with van der Waals surface area (Å²) in [6.45, 7) is 10.1. The fraction of sp³-hybridized carbons (Fsp3) is 0.375. The predicted molar refractivity (Wildman–Crippen MR) is 168 cm³/mol. The van der Waals surface area contributed by atoms with Crippen LogP contribution >= 0.6 is 11.6 Å². The third-order valence-corrected chi connectivity index (χ3v) is 7.68. The van der Waals surface area contributed by atoms with Gasteiger partial charge in [-0.3, -0.25) is 14.6 Å². The number of rotatable bonds is 8. The van der Waals surface area contributed by atoms with Gasteiger partial charge in [-0.1, -0.05) is 17.7 Å². The van der Waals surface area contributed by atoms with Crippen LogP contribution in [-0.4, -0.2) is 79.2 Å². The van der Waals surface area contributed by atoms with E-state index in [9.17, 15) is 9.90 Å². The van der Waals surface area contributed by atoms with Crippen LogP contribution in [0.1, 0.15) is 27.2 Å². The smallest absolute Gasteiger partial charge is 0.237 e. The summed E-state index contributed by atoms with van der Waals surface area (Å²) in [6, 6.07) is 9.41. The van der Waals surface area contributed by atoms with E-state index < -0.39 is 5.82 Å². The Hall–Kier alpha value is -3.82. The van der Waals surface area contributed by atoms with Gasteiger partial charge in [0.2, 0.25) is 12.3 Å². The summed E-state index contributed by atoms with van der Waals surface area (Å²) < 4.78 is 20.7. The molecule has 1 fully saturated rings. The van der Waals surface area contributed by atoms with Gasteiger partial charge in [0.25, 0.3) is 0 Å². The zero-order valence-electron chi connectivity index (χ0n) is 25.1. The van der Waals surface area contributed by atoms with Crippen molar-refractivity contribution >= 4 is 29.4 Å². The molecule has 42 heavy (non-hydrogen) atoms. The van der Waals surface area contributed by atoms with Crippen molar-refractivity contribution in [2.24, 2.45) is 0 Å². The Labute approximate surface area is 252 Å². The fourth-order valence-electron chi connectivity index (χ4n) is 5.10. The van der Waals surface area contributed by atoms with Crippen LogP contribution in [0.3, 0.4) is 0 Å². The second-order valence-electron chi connectivity index (χ2n) is 11.5. The largest absolute Gasteiger partial charge is 0.507 e. The van der Waals surface area contributed by atoms with E-state index in [4.69, 9.17) is 16.3 Å². The zero-order valence-corrected chi connectivity index (χ0v) is 25.8. The highest BCUT2D eigenvalue weighted by Crippen LogP contribution is 2.42. The van der Waals surface area contributed by atoms with Gasteiger partial charge in [-0.15, -0.1) is 0 Å². The molecule has 2 heterocycles. The molecular formula is C32H39ClFN5O3. The summed E-state index contributed by atoms with van der Waals surface area (Å²) in [4.78, 5) is 24.0. The second-order valence-corrected chi connectivity index (χ2v) is 11.9. The topological polar surface area (TPSA) is 72.4 Å². The molecule has 0 unspecified atom stereocenters. The monoisotopic (exact) mass is 595 g/mol. The van der Waals surface area contributed by atoms with Crippen LogP contribution in [0, 0.1) is 5.82 Å². The van der Waals surface area contributed by atoms with E-state index in [2.05, 4.69) is 35.6 Å². The first-order valence-electron chi connectivity index (χ1n) is 13.9. The first-order valence-corrected chi connectivity index (χ1v) is 14.3. The summed E-state index contributed by atoms with van der Waals surface area (Å²) in [5.41, 5.74) is 2.95. The van der Waals surface area contributed by atoms with E-state index >= 15 is 4.39 Å². The van der Waals surface area contributed by atoms with Gasteiger partial charge in [0.1, 0.15) is 17.3 Å². The number of aromatic hydroxyl groups is 1. The predicted octanol–water partition coefficient (Wildman–Crippen LogP) is 6.23. The number of phenolic OH excluding ortho intramolecular Hbond substituents is 1. The average molecular weight is 596 g/mol. The average Bonchev–Trinajstić information content (AvgIpc) is 3.21. The minimum absolute atomic E-state index is 0.0689. The van der Waals surface area contributed by atoms with Gasteiger partial charge in [0, 0.05) is 81.1 Å². The molecule has 224 valence electrons. The summed E-state index contributed by atoms with van der Waals surface area (Å²) in [7, 11) is 5.26. The van der Waals surface area contributed by atoms with Crippen molar-refractivity contribution in [2.45, 2.75) is 32.7 Å². The molecule has 0 spiro atoms. The number of hydrogen-bond donors (Lipinski definition) is 1. The lowest BCUT2D eigenvalue weighted by Crippen LogP contribution is -2.43. The molecule has 0 bridgehead atoms. The highest BCUT2D eigenvalue weighted by Gasteiger charge is 2.26. The molecule has 0 aliphatic carbocycles. The molecule has 3 aromatic rings. The lowest BCUT2D eigenvalue weighted by molar-refractivity contribution is -0.107. The van der Waals surface area contributed by atoms with Crippen LogP contribution in [0.25, 0.3) is 22.3 Å². The maximum Gasteiger partial charge on any atom is 0.237 e. The van der Waals surface area contributed by atoms with Crippen molar-refractivity contribution in [1.82, 2.24) is 14.8 Å². The minimum Gasteiger partial charge on any atom is -0.507 e. The number of benzene rings is 2. The first kappa shape index (κ1) is 31.1. The summed E-state index contributed by atoms with van der Waals surface area (Å²) in [6.07, 6.45) is 6.51. The van der Waals surface area contributed by atoms with Crippen LogP contribution in [0.2, 0.25) is 5.02 Å². The number of ether oxygens (including phenoxy) is 1. The lowest BCUT2D eigenvalue weighted by Gasteiger charge is -2.34. The molecule has 1 aromatic heterocycles. The summed E-state index contributed by atoms with van der Waals surface area (Å²) in [5.74, 6) is -0.147. The summed E-state index contributed by atoms with van der Waals surface area (Å²) >= 11 is 6.55. The third kappa shape index (κ3) is 6.97. The number of methoxy groups -OCH3 is 1. The number of carbonyl (C=O) groups is 1. The molecule has 4 rings (SSSR count). The molecule has 1 amide bonds. The van der Waals surface area contributed by atoms with Crippen LogP contribution in [0.5, 0.6) is 11.6 Å². The van der Waals surface area contributed by atoms with Crippen molar-refractivity contribution < 1.29 is 19.0 Å². The van der Waals surface area contributed by atoms with Crippen molar-refractivity contribution in [1.29, 1.82) is 0 Å². The number of pyridine rings is 1. The van der Waals surface area contributed by atoms with E-state index in [1.807, 2.05) is 20.2 Å². The lowest BCUT2D eigenvalue weighted by atomic mass is 9.97. The van der Waals surface area contributed by atoms with Crippen LogP contribution in [0.15, 0.2) is 55.0 Å². The van der Waals surface area contributed by atoms with Gasteiger partial charge in [-0.25, -0.2) is 9.37 Å². The van der Waals surface area contributed by atoms with Gasteiger partial charge in [0.05, 0.1) is 17.8 Å². The maximum atomic E-state index is 15.1. The van der Waals surface area contributed by atoms with Gasteiger partial charge < -0.3 is 19.6 Å². The Morgan fingerprint density at radius 2 is 1.74 bits per heavy atom. The van der Waals surface area contributed by atoms with E-state index in [-0.39, 0.29) is 21.9 Å². The summed E-state index contributed by atoms with van der Waals surface area (Å²) in [5, 5.41) is 11.7. The maximum absolute atomic E-state index is 15.1. The number of carbonyl (C=O) groups excluding carboxylic acids is 1. The molecule has 0 atom stereocenters. The van der Waals surface area contributed by atoms with Gasteiger partial charge in [0.15, 0.2) is 0 Å². The van der Waals surface area contributed by atoms with Crippen molar-refractivity contribution in [2.75, 3.05) is 57.2 Å². The van der Waals surface area contributed by atoms with E-state index in [0.29, 0.717) is 34.7 Å². The molecule has 2 aromatic carbocycles. The van der Waals surface area contributed by atoms with E-state index in [1.54, 1.807) is 48.8 Å². The van der Waals surface area contributed by atoms with Gasteiger partial charge in [-0.2, -0.15) is 0 Å². The fourth-order valence-corrected chi connectivity index (χ4v) is 5.38. The number of halogens is 2. The highest BCUT2D eigenvalue weighted by atomic mass is 35.5. The van der Waals surface area contributed by atoms with Crippen LogP contribution in [0.4, 0.5) is 15.8 Å². The molecule has 1 aliphatic heterocycles. The van der Waals surface area contributed by atoms with E-state index in [1.165, 1.54) is 17.0 Å². The molecule has 10 heteroatoms. The highest BCUT2D eigenvalue weighted by molar-refractivity contribution is 6.34. The van der Waals surface area contributed by atoms with Crippen molar-refractivity contribution in [3.63, 3.8) is 0 Å². The standard InChI is InChI=1S/C32H39ClFN5O3/c1-32(2,3)39-11-7-10-37(14-15-39)29-17-23(20-35-31(29)42-6)26-19-24(34)18-25(30(26)41)22-8-9-28(27(33)16-22)38(21-40)13-12-36(4)5/h8-9,12-13,16-21,41H,7,10-11,14-15H2,1-6H3/b13-12-. The van der Waals surface area contributed by atoms with Gasteiger partial charge in [-0.05, 0) is 63.1 Å². The number of hydrogen-bond acceptors (Lipinski definition) is 7. The molecule has 8 nitrogen and oxygen atoms in total. The van der Waals surface area contributed by atoms with Crippen LogP contribution < -0.4 is 14.5 Å². The number of aromatic nitrogens is 1. The number of phenols is 1. The van der Waals surface area contributed by atoms with Crippen molar-refractivity contribution in [3.05, 3.63) is 65.8 Å². The Kier molecular flexibility index (Phi) is 9.64. The minimum atomic E-state index is -0.519. The Balaban J connectivity index is 1.71. The quantitative estimate of drug-likeness (QED) is 0.310. The first-order chi connectivity index (χ1) is 19.9. The number of nitrogens with zero attached hydrogens (tertiary/aromatic N) is 5. The second kappa shape index (κ2) is 13.0. The SMILES string of the molecule is COc1ncc(-c2cc(F)cc(-c3ccc(N(C=O)/C=C\N(C)C)c(Cl)c3)c2O)cc1N1CCCN(C(C)(C)C)CC1. The Bertz CT molecular complexity index is 1460. The molecule has 1 N–H and O–H groups in total. The normalized spacial score (nSPS) is 14.6. The Morgan fingerprint density at radius 3 is 2.36 bits per heavy atom. The van der Waals surface area contributed by atoms with Gasteiger partial charge >= 0.3 is 0 Å². The molecule has 1 saturated heterocycles. The molecular weight excluding hydrogens is 557 g/mol. The Morgan fingerprint density at radius 1 is 1.02 bits per heavy atom.